The summed E-state index contributed by atoms with van der Waals surface area (Å²) in [6.45, 7) is -0.185. The number of sulfonamides is 1. The van der Waals surface area contributed by atoms with Crippen LogP contribution in [0.25, 0.3) is 0 Å². The van der Waals surface area contributed by atoms with Gasteiger partial charge in [-0.1, -0.05) is 12.1 Å². The van der Waals surface area contributed by atoms with E-state index in [-0.39, 0.29) is 16.6 Å². The fourth-order valence-electron chi connectivity index (χ4n) is 1.29. The van der Waals surface area contributed by atoms with Gasteiger partial charge in [-0.15, -0.1) is 11.3 Å². The van der Waals surface area contributed by atoms with Crippen molar-refractivity contribution in [3.05, 3.63) is 47.6 Å². The van der Waals surface area contributed by atoms with Gasteiger partial charge in [0, 0.05) is 6.20 Å². The largest absolute Gasteiger partial charge is 0.337 e. The second-order valence-corrected chi connectivity index (χ2v) is 6.42. The molecule has 0 aliphatic rings. The van der Waals surface area contributed by atoms with Crippen LogP contribution in [0.3, 0.4) is 0 Å². The Balaban J connectivity index is 1.89. The molecule has 8 heteroatoms. The number of hydrogen-bond donors (Lipinski definition) is 2. The number of rotatable bonds is 5. The molecule has 2 heterocycles. The maximum Gasteiger partial charge on any atom is 0.270 e. The lowest BCUT2D eigenvalue weighted by atomic mass is 10.3. The van der Waals surface area contributed by atoms with Gasteiger partial charge < -0.3 is 5.32 Å². The van der Waals surface area contributed by atoms with E-state index in [0.29, 0.717) is 0 Å². The molecule has 100 valence electrons. The lowest BCUT2D eigenvalue weighted by molar-refractivity contribution is 0.0948. The predicted octanol–water partition coefficient (Wildman–Crippen LogP) is 0.809. The van der Waals surface area contributed by atoms with Crippen LogP contribution in [0.15, 0.2) is 46.1 Å². The molecule has 0 bridgehead atoms. The summed E-state index contributed by atoms with van der Waals surface area (Å²) in [7, 11) is -3.56. The number of carbonyl (C=O) groups excluding carboxylic acids is 1. The van der Waals surface area contributed by atoms with Crippen LogP contribution in [-0.2, 0) is 10.0 Å². The number of nitrogens with one attached hydrogen (secondary N) is 2. The van der Waals surface area contributed by atoms with Crippen LogP contribution in [0.2, 0.25) is 0 Å². The smallest absolute Gasteiger partial charge is 0.270 e. The third kappa shape index (κ3) is 3.60. The van der Waals surface area contributed by atoms with Gasteiger partial charge in [0.25, 0.3) is 15.9 Å². The van der Waals surface area contributed by atoms with Crippen molar-refractivity contribution >= 4 is 27.3 Å². The Morgan fingerprint density at radius 2 is 2.11 bits per heavy atom. The lowest BCUT2D eigenvalue weighted by Crippen LogP contribution is -2.37. The molecule has 6 nitrogen and oxygen atoms in total. The van der Waals surface area contributed by atoms with E-state index in [1.165, 1.54) is 12.3 Å². The number of pyridine rings is 1. The van der Waals surface area contributed by atoms with Crippen molar-refractivity contribution in [1.29, 1.82) is 0 Å². The van der Waals surface area contributed by atoms with Crippen molar-refractivity contribution in [2.45, 2.75) is 4.21 Å². The summed E-state index contributed by atoms with van der Waals surface area (Å²) in [6.07, 6.45) is 1.49. The Labute approximate surface area is 114 Å². The van der Waals surface area contributed by atoms with Crippen LogP contribution >= 0.6 is 11.3 Å². The van der Waals surface area contributed by atoms with Gasteiger partial charge in [-0.3, -0.25) is 9.78 Å². The molecule has 0 aromatic carbocycles. The van der Waals surface area contributed by atoms with E-state index in [9.17, 15) is 13.2 Å². The van der Waals surface area contributed by atoms with Gasteiger partial charge in [0.2, 0.25) is 0 Å². The molecule has 2 aromatic rings. The van der Waals surface area contributed by atoms with Crippen molar-refractivity contribution in [3.8, 4) is 0 Å². The van der Waals surface area contributed by atoms with Crippen LogP contribution in [-0.4, -0.2) is 26.0 Å². The van der Waals surface area contributed by atoms with Crippen LogP contribution in [0.4, 0.5) is 0 Å². The summed E-state index contributed by atoms with van der Waals surface area (Å²) in [4.78, 5) is 15.5. The van der Waals surface area contributed by atoms with Gasteiger partial charge in [0.1, 0.15) is 9.90 Å². The van der Waals surface area contributed by atoms with E-state index in [0.717, 1.165) is 11.3 Å². The summed E-state index contributed by atoms with van der Waals surface area (Å²) in [5.41, 5.74) is 0.234. The Morgan fingerprint density at radius 3 is 2.74 bits per heavy atom. The normalized spacial score (nSPS) is 11.2. The molecule has 0 saturated heterocycles. The molecule has 2 N–H and O–H groups in total. The number of thiophene rings is 1. The third-order valence-electron chi connectivity index (χ3n) is 2.17. The molecule has 0 atom stereocenters. The first-order valence-electron chi connectivity index (χ1n) is 5.32. The van der Waals surface area contributed by atoms with E-state index in [1.807, 2.05) is 0 Å². The minimum atomic E-state index is -3.56. The first-order chi connectivity index (χ1) is 9.09. The summed E-state index contributed by atoms with van der Waals surface area (Å²) >= 11 is 1.11. The molecule has 2 aromatic heterocycles. The van der Waals surface area contributed by atoms with E-state index in [2.05, 4.69) is 15.0 Å². The topological polar surface area (TPSA) is 88.2 Å². The van der Waals surface area contributed by atoms with Crippen molar-refractivity contribution < 1.29 is 13.2 Å². The molecular weight excluding hydrogens is 286 g/mol. The molecule has 0 unspecified atom stereocenters. The zero-order valence-corrected chi connectivity index (χ0v) is 11.4. The third-order valence-corrected chi connectivity index (χ3v) is 4.97. The van der Waals surface area contributed by atoms with Crippen LogP contribution in [0.5, 0.6) is 0 Å². The maximum absolute atomic E-state index is 11.7. The predicted molar refractivity (Wildman–Crippen MR) is 71.2 cm³/mol. The fourth-order valence-corrected chi connectivity index (χ4v) is 3.25. The average Bonchev–Trinajstić information content (AvgIpc) is 2.94. The lowest BCUT2D eigenvalue weighted by Gasteiger charge is -2.06. The second kappa shape index (κ2) is 5.91. The number of aromatic nitrogens is 1. The summed E-state index contributed by atoms with van der Waals surface area (Å²) in [5.74, 6) is -0.436. The standard InChI is InChI=1S/C11H11N3O3S2/c15-11(9-4-1-2-6-12-9)13-8-14-19(16,17)10-5-3-7-18-10/h1-7,14H,8H2,(H,13,15). The summed E-state index contributed by atoms with van der Waals surface area (Å²) < 4.78 is 26.0. The van der Waals surface area contributed by atoms with E-state index >= 15 is 0 Å². The number of hydrogen-bond acceptors (Lipinski definition) is 5. The molecule has 1 amide bonds. The van der Waals surface area contributed by atoms with Gasteiger partial charge >= 0.3 is 0 Å². The SMILES string of the molecule is O=C(NCNS(=O)(=O)c1cccs1)c1ccccn1. The first kappa shape index (κ1) is 13.7. The zero-order chi connectivity index (χ0) is 13.7. The maximum atomic E-state index is 11.7. The van der Waals surface area contributed by atoms with E-state index in [4.69, 9.17) is 0 Å². The van der Waals surface area contributed by atoms with Crippen LogP contribution in [0, 0.1) is 0 Å². The Kier molecular flexibility index (Phi) is 4.25. The van der Waals surface area contributed by atoms with Crippen molar-refractivity contribution in [2.75, 3.05) is 6.67 Å². The van der Waals surface area contributed by atoms with Crippen molar-refractivity contribution in [2.24, 2.45) is 0 Å². The minimum Gasteiger partial charge on any atom is -0.337 e. The van der Waals surface area contributed by atoms with Gasteiger partial charge in [0.05, 0.1) is 6.67 Å². The number of nitrogens with zero attached hydrogens (tertiary/aromatic N) is 1. The number of amides is 1. The molecule has 19 heavy (non-hydrogen) atoms. The van der Waals surface area contributed by atoms with Gasteiger partial charge in [-0.2, -0.15) is 4.72 Å². The highest BCUT2D eigenvalue weighted by Crippen LogP contribution is 2.14. The molecule has 0 aliphatic heterocycles. The van der Waals surface area contributed by atoms with Crippen LogP contribution < -0.4 is 10.0 Å². The Hall–Kier alpha value is -1.77. The van der Waals surface area contributed by atoms with Crippen molar-refractivity contribution in [1.82, 2.24) is 15.0 Å². The molecule has 0 saturated carbocycles. The molecule has 2 rings (SSSR count). The quantitative estimate of drug-likeness (QED) is 0.799. The fraction of sp³-hybridized carbons (Fsp3) is 0.0909. The number of carbonyl (C=O) groups is 1. The zero-order valence-electron chi connectivity index (χ0n) is 9.74. The molecular formula is C11H11N3O3S2. The molecule has 0 fully saturated rings. The van der Waals surface area contributed by atoms with Gasteiger partial charge in [-0.25, -0.2) is 8.42 Å². The second-order valence-electron chi connectivity index (χ2n) is 3.48. The molecule has 0 aliphatic carbocycles. The van der Waals surface area contributed by atoms with E-state index < -0.39 is 15.9 Å². The average molecular weight is 297 g/mol. The van der Waals surface area contributed by atoms with E-state index in [1.54, 1.807) is 29.6 Å². The van der Waals surface area contributed by atoms with Crippen molar-refractivity contribution in [3.63, 3.8) is 0 Å². The Bertz CT molecular complexity index is 639. The van der Waals surface area contributed by atoms with Gasteiger partial charge in [0.15, 0.2) is 0 Å². The first-order valence-corrected chi connectivity index (χ1v) is 7.68. The minimum absolute atomic E-state index is 0.185. The molecule has 0 spiro atoms. The van der Waals surface area contributed by atoms with Gasteiger partial charge in [-0.05, 0) is 23.6 Å². The highest BCUT2D eigenvalue weighted by atomic mass is 32.2. The van der Waals surface area contributed by atoms with Crippen LogP contribution in [0.1, 0.15) is 10.5 Å². The summed E-state index contributed by atoms with van der Waals surface area (Å²) in [6, 6.07) is 8.05. The highest BCUT2D eigenvalue weighted by molar-refractivity contribution is 7.91. The summed E-state index contributed by atoms with van der Waals surface area (Å²) in [5, 5.41) is 4.10. The molecule has 0 radical (unpaired) electrons. The Morgan fingerprint density at radius 1 is 1.26 bits per heavy atom. The monoisotopic (exact) mass is 297 g/mol. The highest BCUT2D eigenvalue weighted by Gasteiger charge is 2.14.